The average Bonchev–Trinajstić information content (AvgIpc) is 1.58. The summed E-state index contributed by atoms with van der Waals surface area (Å²) in [6.07, 6.45) is 1.90. The summed E-state index contributed by atoms with van der Waals surface area (Å²) >= 11 is 5.85. The largest absolute Gasteiger partial charge is 0.383 e. The molecule has 0 N–H and O–H groups in total. The molecule has 60 valence electrons. The normalized spacial score (nSPS) is 12.4. The van der Waals surface area contributed by atoms with Gasteiger partial charge in [-0.25, -0.2) is 0 Å². The Morgan fingerprint density at radius 3 is 2.10 bits per heavy atom. The Balaban J connectivity index is 3.71. The van der Waals surface area contributed by atoms with Crippen molar-refractivity contribution in [1.29, 1.82) is 0 Å². The molecule has 0 spiro atoms. The Hall–Kier alpha value is -0.210. The summed E-state index contributed by atoms with van der Waals surface area (Å²) in [6, 6.07) is 0. The SMILES string of the molecule is CN(C)/C=C(\Cl)CN(C)C. The number of nitrogens with zero attached hydrogens (tertiary/aromatic N) is 2. The van der Waals surface area contributed by atoms with E-state index < -0.39 is 0 Å². The zero-order valence-corrected chi connectivity index (χ0v) is 7.81. The number of hydrogen-bond acceptors (Lipinski definition) is 2. The predicted molar refractivity (Wildman–Crippen MR) is 46.2 cm³/mol. The zero-order chi connectivity index (χ0) is 8.15. The lowest BCUT2D eigenvalue weighted by molar-refractivity contribution is 0.447. The minimum atomic E-state index is 0.805. The van der Waals surface area contributed by atoms with Gasteiger partial charge in [0.25, 0.3) is 0 Å². The van der Waals surface area contributed by atoms with E-state index in [-0.39, 0.29) is 0 Å². The molecule has 0 unspecified atom stereocenters. The highest BCUT2D eigenvalue weighted by Gasteiger charge is 1.93. The Morgan fingerprint density at radius 1 is 1.30 bits per heavy atom. The molecule has 0 saturated carbocycles. The van der Waals surface area contributed by atoms with Crippen LogP contribution in [0, 0.1) is 0 Å². The third kappa shape index (κ3) is 5.92. The number of likely N-dealkylation sites (N-methyl/N-ethyl adjacent to an activating group) is 1. The van der Waals surface area contributed by atoms with Crippen molar-refractivity contribution >= 4 is 11.6 Å². The summed E-state index contributed by atoms with van der Waals surface area (Å²) in [4.78, 5) is 3.97. The third-order valence-corrected chi connectivity index (χ3v) is 1.08. The van der Waals surface area contributed by atoms with Crippen LogP contribution in [0.15, 0.2) is 11.2 Å². The molecule has 0 bridgehead atoms. The average molecular weight is 163 g/mol. The van der Waals surface area contributed by atoms with Gasteiger partial charge in [0.15, 0.2) is 0 Å². The van der Waals surface area contributed by atoms with Crippen LogP contribution in [-0.2, 0) is 0 Å². The third-order valence-electron chi connectivity index (χ3n) is 0.866. The topological polar surface area (TPSA) is 6.48 Å². The summed E-state index contributed by atoms with van der Waals surface area (Å²) < 4.78 is 0. The molecule has 0 saturated heterocycles. The molecule has 3 heteroatoms. The lowest BCUT2D eigenvalue weighted by Gasteiger charge is -2.10. The van der Waals surface area contributed by atoms with Gasteiger partial charge in [-0.1, -0.05) is 11.6 Å². The minimum absolute atomic E-state index is 0.805. The first kappa shape index (κ1) is 9.79. The molecule has 0 aliphatic rings. The van der Waals surface area contributed by atoms with Crippen LogP contribution in [0.1, 0.15) is 0 Å². The van der Waals surface area contributed by atoms with Gasteiger partial charge in [-0.2, -0.15) is 0 Å². The van der Waals surface area contributed by atoms with Gasteiger partial charge in [0, 0.05) is 31.9 Å². The smallest absolute Gasteiger partial charge is 0.0479 e. The molecule has 0 aromatic rings. The molecule has 0 heterocycles. The fraction of sp³-hybridized carbons (Fsp3) is 0.714. The molecule has 0 rings (SSSR count). The fourth-order valence-corrected chi connectivity index (χ4v) is 1.06. The summed E-state index contributed by atoms with van der Waals surface area (Å²) in [5, 5.41) is 0.856. The standard InChI is InChI=1S/C7H15ClN2/c1-9(2)5-7(8)6-10(3)4/h5H,6H2,1-4H3/b7-5-. The monoisotopic (exact) mass is 162 g/mol. The van der Waals surface area contributed by atoms with E-state index in [0.29, 0.717) is 0 Å². The molecule has 0 aliphatic heterocycles. The van der Waals surface area contributed by atoms with Crippen molar-refractivity contribution in [3.8, 4) is 0 Å². The first-order valence-electron chi connectivity index (χ1n) is 3.19. The molecule has 2 nitrogen and oxygen atoms in total. The summed E-state index contributed by atoms with van der Waals surface area (Å²) in [6.45, 7) is 0.805. The lowest BCUT2D eigenvalue weighted by Crippen LogP contribution is -2.14. The number of halogens is 1. The van der Waals surface area contributed by atoms with E-state index in [1.54, 1.807) is 0 Å². The predicted octanol–water partition coefficient (Wildman–Crippen LogP) is 1.19. The Morgan fingerprint density at radius 2 is 1.80 bits per heavy atom. The van der Waals surface area contributed by atoms with Gasteiger partial charge in [0.1, 0.15) is 0 Å². The van der Waals surface area contributed by atoms with Crippen LogP contribution in [0.4, 0.5) is 0 Å². The fourth-order valence-electron chi connectivity index (χ4n) is 0.623. The van der Waals surface area contributed by atoms with E-state index in [1.807, 2.05) is 44.2 Å². The Bertz CT molecular complexity index is 119. The van der Waals surface area contributed by atoms with Crippen LogP contribution < -0.4 is 0 Å². The summed E-state index contributed by atoms with van der Waals surface area (Å²) in [5.41, 5.74) is 0. The van der Waals surface area contributed by atoms with Crippen molar-refractivity contribution < 1.29 is 0 Å². The number of hydrogen-bond donors (Lipinski definition) is 0. The van der Waals surface area contributed by atoms with E-state index in [2.05, 4.69) is 0 Å². The van der Waals surface area contributed by atoms with Gasteiger partial charge >= 0.3 is 0 Å². The first-order chi connectivity index (χ1) is 4.52. The molecular weight excluding hydrogens is 148 g/mol. The van der Waals surface area contributed by atoms with E-state index in [0.717, 1.165) is 11.6 Å². The van der Waals surface area contributed by atoms with Crippen molar-refractivity contribution in [2.45, 2.75) is 0 Å². The van der Waals surface area contributed by atoms with Crippen molar-refractivity contribution in [2.24, 2.45) is 0 Å². The first-order valence-corrected chi connectivity index (χ1v) is 3.57. The maximum Gasteiger partial charge on any atom is 0.0479 e. The maximum absolute atomic E-state index is 5.85. The number of rotatable bonds is 3. The van der Waals surface area contributed by atoms with Gasteiger partial charge in [0.05, 0.1) is 0 Å². The zero-order valence-electron chi connectivity index (χ0n) is 7.06. The Kier molecular flexibility index (Phi) is 4.49. The maximum atomic E-state index is 5.85. The molecule has 0 aliphatic carbocycles. The van der Waals surface area contributed by atoms with Crippen LogP contribution in [0.5, 0.6) is 0 Å². The highest BCUT2D eigenvalue weighted by molar-refractivity contribution is 6.29. The van der Waals surface area contributed by atoms with Crippen LogP contribution in [0.3, 0.4) is 0 Å². The van der Waals surface area contributed by atoms with Crippen molar-refractivity contribution in [1.82, 2.24) is 9.80 Å². The molecule has 0 aromatic carbocycles. The molecule has 0 aromatic heterocycles. The molecule has 0 radical (unpaired) electrons. The van der Waals surface area contributed by atoms with Crippen LogP contribution in [-0.4, -0.2) is 44.5 Å². The van der Waals surface area contributed by atoms with Gasteiger partial charge in [-0.15, -0.1) is 0 Å². The second kappa shape index (κ2) is 4.58. The molecule has 0 fully saturated rings. The van der Waals surface area contributed by atoms with Crippen molar-refractivity contribution in [3.63, 3.8) is 0 Å². The molecular formula is C7H15ClN2. The molecule has 10 heavy (non-hydrogen) atoms. The Labute approximate surface area is 68.1 Å². The minimum Gasteiger partial charge on any atom is -0.383 e. The van der Waals surface area contributed by atoms with Gasteiger partial charge < -0.3 is 9.80 Å². The van der Waals surface area contributed by atoms with Crippen LogP contribution in [0.2, 0.25) is 0 Å². The van der Waals surface area contributed by atoms with E-state index in [4.69, 9.17) is 11.6 Å². The van der Waals surface area contributed by atoms with Crippen molar-refractivity contribution in [3.05, 3.63) is 11.2 Å². The second-order valence-electron chi connectivity index (χ2n) is 2.78. The highest BCUT2D eigenvalue weighted by atomic mass is 35.5. The van der Waals surface area contributed by atoms with Gasteiger partial charge in [0.2, 0.25) is 0 Å². The van der Waals surface area contributed by atoms with Crippen LogP contribution >= 0.6 is 11.6 Å². The quantitative estimate of drug-likeness (QED) is 0.615. The summed E-state index contributed by atoms with van der Waals surface area (Å²) in [5.74, 6) is 0. The second-order valence-corrected chi connectivity index (χ2v) is 3.26. The van der Waals surface area contributed by atoms with Gasteiger partial charge in [-0.05, 0) is 14.1 Å². The molecule has 0 atom stereocenters. The van der Waals surface area contributed by atoms with E-state index >= 15 is 0 Å². The van der Waals surface area contributed by atoms with Gasteiger partial charge in [-0.3, -0.25) is 0 Å². The van der Waals surface area contributed by atoms with Crippen LogP contribution in [0.25, 0.3) is 0 Å². The summed E-state index contributed by atoms with van der Waals surface area (Å²) in [7, 11) is 7.90. The highest BCUT2D eigenvalue weighted by Crippen LogP contribution is 2.01. The lowest BCUT2D eigenvalue weighted by atomic mass is 10.5. The molecule has 0 amide bonds. The van der Waals surface area contributed by atoms with Crippen molar-refractivity contribution in [2.75, 3.05) is 34.7 Å². The van der Waals surface area contributed by atoms with E-state index in [9.17, 15) is 0 Å². The van der Waals surface area contributed by atoms with E-state index in [1.165, 1.54) is 0 Å².